The maximum Gasteiger partial charge on any atom is 0.0473 e. The van der Waals surface area contributed by atoms with Crippen LogP contribution >= 0.6 is 0 Å². The van der Waals surface area contributed by atoms with E-state index < -0.39 is 0 Å². The van der Waals surface area contributed by atoms with Gasteiger partial charge < -0.3 is 5.32 Å². The topological polar surface area (TPSA) is 12.0 Å². The molecule has 1 heterocycles. The molecule has 0 amide bonds. The molecule has 0 aromatic carbocycles. The molecule has 0 unspecified atom stereocenters. The van der Waals surface area contributed by atoms with Crippen LogP contribution in [0.3, 0.4) is 0 Å². The van der Waals surface area contributed by atoms with E-state index in [1.54, 1.807) is 11.1 Å². The normalized spacial score (nSPS) is 43.5. The Labute approximate surface area is 154 Å². The predicted octanol–water partition coefficient (Wildman–Crippen LogP) is 6.10. The molecular formula is C24H35N. The Kier molecular flexibility index (Phi) is 4.15. The Morgan fingerprint density at radius 3 is 2.76 bits per heavy atom. The monoisotopic (exact) mass is 337 g/mol. The van der Waals surface area contributed by atoms with Crippen molar-refractivity contribution in [2.75, 3.05) is 0 Å². The zero-order valence-corrected chi connectivity index (χ0v) is 16.6. The molecule has 0 aromatic rings. The molecule has 1 heteroatoms. The molecule has 25 heavy (non-hydrogen) atoms. The van der Waals surface area contributed by atoms with Gasteiger partial charge >= 0.3 is 0 Å². The van der Waals surface area contributed by atoms with Crippen molar-refractivity contribution in [1.82, 2.24) is 5.32 Å². The minimum Gasteiger partial charge on any atom is -0.301 e. The minimum absolute atomic E-state index is 0.316. The smallest absolute Gasteiger partial charge is 0.0473 e. The van der Waals surface area contributed by atoms with E-state index in [2.05, 4.69) is 57.8 Å². The highest BCUT2D eigenvalue weighted by Gasteiger charge is 2.44. The summed E-state index contributed by atoms with van der Waals surface area (Å²) in [6.07, 6.45) is 16.6. The van der Waals surface area contributed by atoms with Crippen LogP contribution in [0, 0.1) is 17.3 Å². The van der Waals surface area contributed by atoms with Gasteiger partial charge in [0, 0.05) is 11.6 Å². The van der Waals surface area contributed by atoms with Crippen LogP contribution in [0.25, 0.3) is 0 Å². The summed E-state index contributed by atoms with van der Waals surface area (Å²) >= 11 is 0. The van der Waals surface area contributed by atoms with Gasteiger partial charge in [0.1, 0.15) is 0 Å². The van der Waals surface area contributed by atoms with Gasteiger partial charge in [-0.3, -0.25) is 0 Å². The third-order valence-electron chi connectivity index (χ3n) is 7.84. The zero-order valence-electron chi connectivity index (χ0n) is 16.6. The van der Waals surface area contributed by atoms with Crippen LogP contribution in [-0.2, 0) is 0 Å². The highest BCUT2D eigenvalue weighted by atomic mass is 15.0. The minimum atomic E-state index is 0.316. The van der Waals surface area contributed by atoms with Gasteiger partial charge in [0.05, 0.1) is 0 Å². The summed E-state index contributed by atoms with van der Waals surface area (Å²) in [5.74, 6) is 1.43. The van der Waals surface area contributed by atoms with E-state index in [9.17, 15) is 0 Å². The Balaban J connectivity index is 1.62. The fraction of sp³-hybridized carbons (Fsp3) is 0.667. The third kappa shape index (κ3) is 2.89. The second kappa shape index (κ2) is 5.98. The molecule has 0 bridgehead atoms. The van der Waals surface area contributed by atoms with Crippen molar-refractivity contribution in [1.29, 1.82) is 0 Å². The fourth-order valence-corrected chi connectivity index (χ4v) is 6.10. The molecule has 4 rings (SSSR count). The van der Waals surface area contributed by atoms with E-state index in [1.807, 2.05) is 0 Å². The van der Waals surface area contributed by atoms with E-state index in [1.165, 1.54) is 56.1 Å². The molecule has 1 nitrogen and oxygen atoms in total. The standard InChI is InChI=1S/C24H35N/c1-16(2)18-10-12-23(4)15-19(13-17(3)21(23)14-18)22-9-8-20-7-6-11-24(20,5)25-22/h8-9,13,18,20,22,25H,1,6-7,10-12,14-15H2,2-5H3/t18-,20-,22+,23+,24-/m1/s1. The van der Waals surface area contributed by atoms with Crippen LogP contribution < -0.4 is 5.32 Å². The largest absolute Gasteiger partial charge is 0.301 e. The van der Waals surface area contributed by atoms with Crippen molar-refractivity contribution in [3.05, 3.63) is 47.1 Å². The Bertz CT molecular complexity index is 678. The van der Waals surface area contributed by atoms with E-state index in [-0.39, 0.29) is 0 Å². The molecule has 0 spiro atoms. The Morgan fingerprint density at radius 2 is 2.00 bits per heavy atom. The van der Waals surface area contributed by atoms with Crippen molar-refractivity contribution in [2.45, 2.75) is 84.2 Å². The van der Waals surface area contributed by atoms with Gasteiger partial charge in [-0.25, -0.2) is 0 Å². The quantitative estimate of drug-likeness (QED) is 0.600. The Morgan fingerprint density at radius 1 is 1.20 bits per heavy atom. The average molecular weight is 338 g/mol. The van der Waals surface area contributed by atoms with Gasteiger partial charge in [-0.05, 0) is 82.1 Å². The van der Waals surface area contributed by atoms with Crippen LogP contribution in [0.15, 0.2) is 47.1 Å². The molecule has 1 aliphatic heterocycles. The van der Waals surface area contributed by atoms with Gasteiger partial charge in [0.15, 0.2) is 0 Å². The van der Waals surface area contributed by atoms with Crippen molar-refractivity contribution < 1.29 is 0 Å². The summed E-state index contributed by atoms with van der Waals surface area (Å²) in [6.45, 7) is 13.7. The predicted molar refractivity (Wildman–Crippen MR) is 107 cm³/mol. The molecule has 3 aliphatic carbocycles. The lowest BCUT2D eigenvalue weighted by atomic mass is 9.60. The molecule has 5 atom stereocenters. The van der Waals surface area contributed by atoms with Crippen molar-refractivity contribution in [3.8, 4) is 0 Å². The lowest BCUT2D eigenvalue weighted by Crippen LogP contribution is -2.53. The molecule has 2 saturated carbocycles. The van der Waals surface area contributed by atoms with Gasteiger partial charge in [-0.1, -0.05) is 54.9 Å². The molecule has 0 saturated heterocycles. The molecule has 136 valence electrons. The lowest BCUT2D eigenvalue weighted by molar-refractivity contribution is 0.242. The van der Waals surface area contributed by atoms with Crippen LogP contribution in [0.4, 0.5) is 0 Å². The maximum absolute atomic E-state index is 4.23. The average Bonchev–Trinajstić information content (AvgIpc) is 2.94. The van der Waals surface area contributed by atoms with E-state index >= 15 is 0 Å². The highest BCUT2D eigenvalue weighted by Crippen LogP contribution is 2.53. The van der Waals surface area contributed by atoms with E-state index in [0.717, 1.165) is 5.92 Å². The summed E-state index contributed by atoms with van der Waals surface area (Å²) in [6, 6.07) is 0.437. The van der Waals surface area contributed by atoms with Crippen LogP contribution in [0.5, 0.6) is 0 Å². The fourth-order valence-electron chi connectivity index (χ4n) is 6.10. The van der Waals surface area contributed by atoms with Crippen LogP contribution in [0.1, 0.15) is 72.6 Å². The third-order valence-corrected chi connectivity index (χ3v) is 7.84. The second-order valence-corrected chi connectivity index (χ2v) is 9.83. The summed E-state index contributed by atoms with van der Waals surface area (Å²) in [7, 11) is 0. The first-order chi connectivity index (χ1) is 11.8. The summed E-state index contributed by atoms with van der Waals surface area (Å²) in [5.41, 5.74) is 6.90. The molecular weight excluding hydrogens is 302 g/mol. The van der Waals surface area contributed by atoms with Crippen molar-refractivity contribution >= 4 is 0 Å². The number of nitrogens with one attached hydrogen (secondary N) is 1. The number of allylic oxidation sites excluding steroid dienone is 4. The molecule has 4 aliphatic rings. The van der Waals surface area contributed by atoms with E-state index in [4.69, 9.17) is 0 Å². The van der Waals surface area contributed by atoms with Gasteiger partial charge in [0.25, 0.3) is 0 Å². The van der Waals surface area contributed by atoms with Gasteiger partial charge in [-0.2, -0.15) is 0 Å². The number of hydrogen-bond donors (Lipinski definition) is 1. The first kappa shape index (κ1) is 17.3. The number of rotatable bonds is 2. The summed E-state index contributed by atoms with van der Waals surface area (Å²) in [4.78, 5) is 0. The number of hydrogen-bond acceptors (Lipinski definition) is 1. The highest BCUT2D eigenvalue weighted by molar-refractivity contribution is 5.43. The van der Waals surface area contributed by atoms with Crippen molar-refractivity contribution in [2.24, 2.45) is 17.3 Å². The van der Waals surface area contributed by atoms with Gasteiger partial charge in [-0.15, -0.1) is 0 Å². The molecule has 2 fully saturated rings. The zero-order chi connectivity index (χ0) is 17.8. The van der Waals surface area contributed by atoms with Gasteiger partial charge in [0.2, 0.25) is 0 Å². The van der Waals surface area contributed by atoms with E-state index in [0.29, 0.717) is 22.9 Å². The van der Waals surface area contributed by atoms with Crippen LogP contribution in [0.2, 0.25) is 0 Å². The Hall–Kier alpha value is -1.08. The van der Waals surface area contributed by atoms with Crippen LogP contribution in [-0.4, -0.2) is 11.6 Å². The van der Waals surface area contributed by atoms with Crippen molar-refractivity contribution in [3.63, 3.8) is 0 Å². The number of fused-ring (bicyclic) bond motifs is 2. The molecule has 0 aromatic heterocycles. The maximum atomic E-state index is 4.23. The summed E-state index contributed by atoms with van der Waals surface area (Å²) < 4.78 is 0. The molecule has 0 radical (unpaired) electrons. The lowest BCUT2D eigenvalue weighted by Gasteiger charge is -2.47. The first-order valence-corrected chi connectivity index (χ1v) is 10.3. The SMILES string of the molecule is C=C(C)[C@@H]1CC[C@@]2(C)CC([C@@H]3C=C[C@H]4CCC[C@@]4(C)N3)=CC(C)=C2C1. The first-order valence-electron chi connectivity index (χ1n) is 10.3. The summed E-state index contributed by atoms with van der Waals surface area (Å²) in [5, 5.41) is 4.03. The second-order valence-electron chi connectivity index (χ2n) is 9.83. The molecule has 1 N–H and O–H groups in total.